The number of hydrogen-bond acceptors (Lipinski definition) is 5. The Bertz CT molecular complexity index is 3020. The van der Waals surface area contributed by atoms with E-state index in [1.165, 1.54) is 20.7 Å². The van der Waals surface area contributed by atoms with Gasteiger partial charge >= 0.3 is 0 Å². The third-order valence-corrected chi connectivity index (χ3v) is 12.7. The molecule has 0 unspecified atom stereocenters. The monoisotopic (exact) mass is 797 g/mol. The van der Waals surface area contributed by atoms with Crippen molar-refractivity contribution in [2.24, 2.45) is 0 Å². The molecule has 2 heterocycles. The highest BCUT2D eigenvalue weighted by Gasteiger charge is 2.39. The Kier molecular flexibility index (Phi) is 9.22. The predicted molar refractivity (Wildman–Crippen MR) is 253 cm³/mol. The van der Waals surface area contributed by atoms with Crippen LogP contribution in [0.1, 0.15) is 5.56 Å². The van der Waals surface area contributed by atoms with Gasteiger partial charge in [-0.05, 0) is 113 Å². The molecule has 6 heteroatoms. The fourth-order valence-corrected chi connectivity index (χ4v) is 10.1. The second kappa shape index (κ2) is 15.5. The fourth-order valence-electron chi connectivity index (χ4n) is 8.88. The zero-order valence-corrected chi connectivity index (χ0v) is 33.8. The minimum absolute atomic E-state index is 0.0221. The SMILES string of the molecule is N#Cc1cc(-c2ccccc2)c(N(c2ccccc2)c2ccccc2)c(-c2ccc3c(c2)Oc2cccc4c2B3c2ccc(N(c3ccccc3)c3ccccc3)cc2S4)c1. The molecule has 61 heavy (non-hydrogen) atoms. The minimum atomic E-state index is -0.0221. The minimum Gasteiger partial charge on any atom is -0.458 e. The van der Waals surface area contributed by atoms with E-state index in [1.54, 1.807) is 0 Å². The molecule has 11 rings (SSSR count). The van der Waals surface area contributed by atoms with Gasteiger partial charge in [-0.2, -0.15) is 5.26 Å². The molecule has 0 atom stereocenters. The lowest BCUT2D eigenvalue weighted by Crippen LogP contribution is -2.57. The van der Waals surface area contributed by atoms with Gasteiger partial charge in [0.05, 0.1) is 17.3 Å². The zero-order valence-electron chi connectivity index (χ0n) is 33.0. The van der Waals surface area contributed by atoms with Crippen molar-refractivity contribution in [2.75, 3.05) is 9.80 Å². The molecule has 0 N–H and O–H groups in total. The van der Waals surface area contributed by atoms with Crippen LogP contribution < -0.4 is 30.9 Å². The van der Waals surface area contributed by atoms with Crippen molar-refractivity contribution in [3.05, 3.63) is 224 Å². The molecule has 2 aliphatic heterocycles. The Morgan fingerprint density at radius 1 is 0.426 bits per heavy atom. The Balaban J connectivity index is 1.09. The topological polar surface area (TPSA) is 39.5 Å². The first-order valence-corrected chi connectivity index (χ1v) is 21.2. The summed E-state index contributed by atoms with van der Waals surface area (Å²) < 4.78 is 6.92. The molecule has 9 aromatic rings. The first kappa shape index (κ1) is 36.4. The summed E-state index contributed by atoms with van der Waals surface area (Å²) in [5.41, 5.74) is 14.4. The molecular weight excluding hydrogens is 762 g/mol. The quantitative estimate of drug-likeness (QED) is 0.143. The van der Waals surface area contributed by atoms with E-state index in [0.29, 0.717) is 5.56 Å². The van der Waals surface area contributed by atoms with Crippen LogP contribution in [-0.4, -0.2) is 6.71 Å². The maximum atomic E-state index is 10.5. The summed E-state index contributed by atoms with van der Waals surface area (Å²) in [7, 11) is 0. The van der Waals surface area contributed by atoms with Crippen LogP contribution in [0.15, 0.2) is 228 Å². The molecule has 2 aliphatic rings. The van der Waals surface area contributed by atoms with Gasteiger partial charge in [0.25, 0.3) is 6.71 Å². The van der Waals surface area contributed by atoms with Crippen molar-refractivity contribution in [3.8, 4) is 39.8 Å². The van der Waals surface area contributed by atoms with E-state index in [1.807, 2.05) is 42.1 Å². The largest absolute Gasteiger partial charge is 0.458 e. The second-order valence-electron chi connectivity index (χ2n) is 15.2. The van der Waals surface area contributed by atoms with E-state index in [0.717, 1.165) is 73.3 Å². The fraction of sp³-hybridized carbons (Fsp3) is 0. The number of ether oxygens (including phenoxy) is 1. The molecule has 286 valence electrons. The number of nitriles is 1. The zero-order chi connectivity index (χ0) is 40.7. The lowest BCUT2D eigenvalue weighted by molar-refractivity contribution is 0.486. The third kappa shape index (κ3) is 6.53. The maximum Gasteiger partial charge on any atom is 0.253 e. The van der Waals surface area contributed by atoms with E-state index in [4.69, 9.17) is 4.74 Å². The normalized spacial score (nSPS) is 12.0. The molecule has 0 saturated heterocycles. The molecule has 0 radical (unpaired) electrons. The van der Waals surface area contributed by atoms with Gasteiger partial charge in [0, 0.05) is 49.4 Å². The van der Waals surface area contributed by atoms with Crippen molar-refractivity contribution >= 4 is 69.0 Å². The second-order valence-corrected chi connectivity index (χ2v) is 16.3. The molecule has 0 bridgehead atoms. The summed E-state index contributed by atoms with van der Waals surface area (Å²) in [6, 6.07) is 78.8. The number of anilines is 6. The molecular formula is C55H36BN3OS. The Morgan fingerprint density at radius 2 is 0.967 bits per heavy atom. The summed E-state index contributed by atoms with van der Waals surface area (Å²) in [5.74, 6) is 1.68. The Hall–Kier alpha value is -7.72. The van der Waals surface area contributed by atoms with E-state index in [2.05, 4.69) is 204 Å². The smallest absolute Gasteiger partial charge is 0.253 e. The molecule has 0 fully saturated rings. The van der Waals surface area contributed by atoms with Gasteiger partial charge in [0.1, 0.15) is 11.5 Å². The van der Waals surface area contributed by atoms with Crippen LogP contribution >= 0.6 is 11.8 Å². The van der Waals surface area contributed by atoms with Crippen LogP contribution in [0.3, 0.4) is 0 Å². The van der Waals surface area contributed by atoms with Crippen LogP contribution in [0, 0.1) is 11.3 Å². The molecule has 0 spiro atoms. The average Bonchev–Trinajstić information content (AvgIpc) is 3.33. The van der Waals surface area contributed by atoms with Crippen molar-refractivity contribution < 1.29 is 4.74 Å². The van der Waals surface area contributed by atoms with Gasteiger partial charge < -0.3 is 14.5 Å². The van der Waals surface area contributed by atoms with Gasteiger partial charge in [0.15, 0.2) is 0 Å². The highest BCUT2D eigenvalue weighted by Crippen LogP contribution is 2.48. The van der Waals surface area contributed by atoms with E-state index >= 15 is 0 Å². The van der Waals surface area contributed by atoms with Crippen molar-refractivity contribution in [1.29, 1.82) is 5.26 Å². The van der Waals surface area contributed by atoms with Crippen molar-refractivity contribution in [2.45, 2.75) is 9.79 Å². The molecule has 0 aromatic heterocycles. The highest BCUT2D eigenvalue weighted by atomic mass is 32.2. The van der Waals surface area contributed by atoms with Crippen LogP contribution in [0.4, 0.5) is 34.1 Å². The van der Waals surface area contributed by atoms with E-state index in [9.17, 15) is 5.26 Å². The van der Waals surface area contributed by atoms with Gasteiger partial charge in [-0.15, -0.1) is 0 Å². The number of para-hydroxylation sites is 4. The highest BCUT2D eigenvalue weighted by molar-refractivity contribution is 8.00. The van der Waals surface area contributed by atoms with E-state index in [-0.39, 0.29) is 6.71 Å². The average molecular weight is 798 g/mol. The number of nitrogens with zero attached hydrogens (tertiary/aromatic N) is 3. The molecule has 4 nitrogen and oxygen atoms in total. The Morgan fingerprint density at radius 3 is 1.56 bits per heavy atom. The molecule has 0 saturated carbocycles. The van der Waals surface area contributed by atoms with Gasteiger partial charge in [-0.1, -0.05) is 145 Å². The summed E-state index contributed by atoms with van der Waals surface area (Å²) in [6.45, 7) is -0.0221. The summed E-state index contributed by atoms with van der Waals surface area (Å²) in [4.78, 5) is 7.05. The first-order chi connectivity index (χ1) is 30.2. The number of benzene rings is 9. The first-order valence-electron chi connectivity index (χ1n) is 20.4. The molecule has 0 amide bonds. The van der Waals surface area contributed by atoms with Crippen LogP contribution in [0.5, 0.6) is 11.5 Å². The maximum absolute atomic E-state index is 10.5. The van der Waals surface area contributed by atoms with E-state index < -0.39 is 0 Å². The lowest BCUT2D eigenvalue weighted by atomic mass is 9.35. The number of fused-ring (bicyclic) bond motifs is 4. The molecule has 0 aliphatic carbocycles. The van der Waals surface area contributed by atoms with Crippen molar-refractivity contribution in [1.82, 2.24) is 0 Å². The standard InChI is InChI=1S/C55H36BN3OS/c57-37-38-33-46(39-17-6-1-7-18-39)55(59(43-23-12-4-13-24-43)44-25-14-5-15-26-44)47(34-38)40-29-31-48-51(35-40)60-50-27-16-28-52-54(50)56(48)49-32-30-45(36-53(49)61-52)58(41-19-8-2-9-20-41)42-21-10-3-11-22-42/h1-36H. The van der Waals surface area contributed by atoms with Gasteiger partial charge in [-0.25, -0.2) is 0 Å². The Labute approximate surface area is 360 Å². The van der Waals surface area contributed by atoms with Gasteiger partial charge in [-0.3, -0.25) is 0 Å². The van der Waals surface area contributed by atoms with Gasteiger partial charge in [0.2, 0.25) is 0 Å². The summed E-state index contributed by atoms with van der Waals surface area (Å²) in [6.07, 6.45) is 0. The number of rotatable bonds is 8. The van der Waals surface area contributed by atoms with Crippen molar-refractivity contribution in [3.63, 3.8) is 0 Å². The third-order valence-electron chi connectivity index (χ3n) is 11.6. The summed E-state index contributed by atoms with van der Waals surface area (Å²) >= 11 is 1.81. The van der Waals surface area contributed by atoms with Crippen LogP contribution in [0.25, 0.3) is 22.3 Å². The summed E-state index contributed by atoms with van der Waals surface area (Å²) in [5, 5.41) is 10.5. The molecule has 9 aromatic carbocycles. The number of hydrogen-bond donors (Lipinski definition) is 0. The predicted octanol–water partition coefficient (Wildman–Crippen LogP) is 12.9. The lowest BCUT2D eigenvalue weighted by Gasteiger charge is -2.34. The van der Waals surface area contributed by atoms with Crippen LogP contribution in [0.2, 0.25) is 0 Å². The van der Waals surface area contributed by atoms with Crippen LogP contribution in [-0.2, 0) is 0 Å².